The maximum absolute atomic E-state index is 6.03. The Kier molecular flexibility index (Phi) is 4.89. The summed E-state index contributed by atoms with van der Waals surface area (Å²) in [5.41, 5.74) is 0.194. The van der Waals surface area contributed by atoms with Gasteiger partial charge in [0.05, 0.1) is 0 Å². The van der Waals surface area contributed by atoms with E-state index in [1.54, 1.807) is 6.20 Å². The summed E-state index contributed by atoms with van der Waals surface area (Å²) in [7, 11) is 0. The third kappa shape index (κ3) is 3.38. The van der Waals surface area contributed by atoms with Gasteiger partial charge in [-0.3, -0.25) is 0 Å². The monoisotopic (exact) mass is 226 g/mol. The molecule has 1 N–H and O–H groups in total. The fourth-order valence-electron chi connectivity index (χ4n) is 1.48. The van der Waals surface area contributed by atoms with Gasteiger partial charge < -0.3 is 5.32 Å². The summed E-state index contributed by atoms with van der Waals surface area (Å²) < 4.78 is 0. The highest BCUT2D eigenvalue weighted by atomic mass is 35.5. The van der Waals surface area contributed by atoms with E-state index in [0.717, 1.165) is 25.2 Å². The first-order valence-corrected chi connectivity index (χ1v) is 6.00. The third-order valence-electron chi connectivity index (χ3n) is 3.09. The molecule has 15 heavy (non-hydrogen) atoms. The van der Waals surface area contributed by atoms with Crippen LogP contribution in [-0.2, 0) is 0 Å². The molecule has 0 aliphatic carbocycles. The second kappa shape index (κ2) is 5.96. The molecule has 0 saturated carbocycles. The van der Waals surface area contributed by atoms with Crippen LogP contribution in [0, 0.1) is 5.41 Å². The van der Waals surface area contributed by atoms with Crippen LogP contribution in [0.2, 0.25) is 0 Å². The maximum atomic E-state index is 6.03. The van der Waals surface area contributed by atoms with E-state index in [2.05, 4.69) is 24.1 Å². The van der Waals surface area contributed by atoms with Gasteiger partial charge in [0.1, 0.15) is 5.82 Å². The Morgan fingerprint density at radius 1 is 1.33 bits per heavy atom. The number of alkyl halides is 1. The third-order valence-corrected chi connectivity index (χ3v) is 3.66. The molecule has 1 aromatic rings. The number of rotatable bonds is 6. The molecule has 0 amide bonds. The molecule has 0 aliphatic heterocycles. The van der Waals surface area contributed by atoms with E-state index in [0.29, 0.717) is 5.88 Å². The van der Waals surface area contributed by atoms with Gasteiger partial charge in [-0.1, -0.05) is 19.9 Å². The van der Waals surface area contributed by atoms with E-state index in [4.69, 9.17) is 11.6 Å². The molecule has 1 aromatic heterocycles. The summed E-state index contributed by atoms with van der Waals surface area (Å²) >= 11 is 6.03. The first kappa shape index (κ1) is 12.3. The lowest BCUT2D eigenvalue weighted by molar-refractivity contribution is 0.326. The maximum Gasteiger partial charge on any atom is 0.125 e. The normalized spacial score (nSPS) is 11.4. The highest BCUT2D eigenvalue weighted by Crippen LogP contribution is 2.28. The molecule has 1 rings (SSSR count). The number of halogens is 1. The zero-order valence-electron chi connectivity index (χ0n) is 9.46. The number of anilines is 1. The van der Waals surface area contributed by atoms with E-state index < -0.39 is 0 Å². The largest absolute Gasteiger partial charge is 0.369 e. The lowest BCUT2D eigenvalue weighted by Gasteiger charge is -2.29. The molecule has 0 saturated heterocycles. The quantitative estimate of drug-likeness (QED) is 0.751. The van der Waals surface area contributed by atoms with Gasteiger partial charge in [-0.15, -0.1) is 11.6 Å². The molecule has 0 fully saturated rings. The molecule has 0 spiro atoms. The highest BCUT2D eigenvalue weighted by Gasteiger charge is 2.24. The molecule has 0 radical (unpaired) electrons. The second-order valence-corrected chi connectivity index (χ2v) is 4.18. The van der Waals surface area contributed by atoms with Crippen LogP contribution < -0.4 is 5.32 Å². The van der Waals surface area contributed by atoms with Gasteiger partial charge in [0.15, 0.2) is 0 Å². The van der Waals surface area contributed by atoms with E-state index in [9.17, 15) is 0 Å². The predicted molar refractivity (Wildman–Crippen MR) is 66.5 cm³/mol. The summed E-state index contributed by atoms with van der Waals surface area (Å²) in [4.78, 5) is 4.23. The minimum Gasteiger partial charge on any atom is -0.369 e. The molecule has 84 valence electrons. The van der Waals surface area contributed by atoms with Crippen molar-refractivity contribution >= 4 is 17.4 Å². The van der Waals surface area contributed by atoms with Gasteiger partial charge in [-0.2, -0.15) is 0 Å². The van der Waals surface area contributed by atoms with Crippen LogP contribution in [0.25, 0.3) is 0 Å². The fraction of sp³-hybridized carbons (Fsp3) is 0.583. The number of hydrogen-bond donors (Lipinski definition) is 1. The Bertz CT molecular complexity index is 262. The topological polar surface area (TPSA) is 24.9 Å². The Balaban J connectivity index is 2.54. The summed E-state index contributed by atoms with van der Waals surface area (Å²) in [6, 6.07) is 5.87. The van der Waals surface area contributed by atoms with Gasteiger partial charge >= 0.3 is 0 Å². The average Bonchev–Trinajstić information content (AvgIpc) is 2.33. The first-order valence-electron chi connectivity index (χ1n) is 5.47. The summed E-state index contributed by atoms with van der Waals surface area (Å²) in [6.07, 6.45) is 3.97. The number of hydrogen-bond acceptors (Lipinski definition) is 2. The Labute approximate surface area is 97.1 Å². The van der Waals surface area contributed by atoms with E-state index in [-0.39, 0.29) is 5.41 Å². The Morgan fingerprint density at radius 2 is 2.07 bits per heavy atom. The zero-order valence-corrected chi connectivity index (χ0v) is 10.2. The molecule has 0 aromatic carbocycles. The highest BCUT2D eigenvalue weighted by molar-refractivity contribution is 6.18. The van der Waals surface area contributed by atoms with Gasteiger partial charge in [0, 0.05) is 24.0 Å². The molecule has 2 nitrogen and oxygen atoms in total. The fourth-order valence-corrected chi connectivity index (χ4v) is 1.95. The number of aromatic nitrogens is 1. The first-order chi connectivity index (χ1) is 7.26. The Hall–Kier alpha value is -0.760. The van der Waals surface area contributed by atoms with E-state index >= 15 is 0 Å². The molecule has 1 heterocycles. The van der Waals surface area contributed by atoms with Gasteiger partial charge in [-0.05, 0) is 25.0 Å². The van der Waals surface area contributed by atoms with Crippen molar-refractivity contribution in [3.8, 4) is 0 Å². The van der Waals surface area contributed by atoms with E-state index in [1.165, 1.54) is 0 Å². The van der Waals surface area contributed by atoms with Crippen LogP contribution in [0.4, 0.5) is 5.82 Å². The number of pyridine rings is 1. The van der Waals surface area contributed by atoms with Crippen LogP contribution >= 0.6 is 11.6 Å². The molecule has 0 bridgehead atoms. The van der Waals surface area contributed by atoms with Crippen molar-refractivity contribution in [2.24, 2.45) is 5.41 Å². The van der Waals surface area contributed by atoms with E-state index in [1.807, 2.05) is 18.2 Å². The predicted octanol–water partition coefficient (Wildman–Crippen LogP) is 3.54. The van der Waals surface area contributed by atoms with Crippen LogP contribution in [0.5, 0.6) is 0 Å². The molecule has 0 unspecified atom stereocenters. The lowest BCUT2D eigenvalue weighted by Crippen LogP contribution is -2.30. The van der Waals surface area contributed by atoms with Gasteiger partial charge in [0.2, 0.25) is 0 Å². The second-order valence-electron chi connectivity index (χ2n) is 3.91. The lowest BCUT2D eigenvalue weighted by atomic mass is 9.84. The molecule has 0 atom stereocenters. The van der Waals surface area contributed by atoms with Crippen molar-refractivity contribution in [2.45, 2.75) is 26.7 Å². The van der Waals surface area contributed by atoms with Gasteiger partial charge in [-0.25, -0.2) is 4.98 Å². The molecular weight excluding hydrogens is 208 g/mol. The molecular formula is C12H19ClN2. The van der Waals surface area contributed by atoms with Crippen molar-refractivity contribution in [1.29, 1.82) is 0 Å². The SMILES string of the molecule is CCC(CC)(CCl)CNc1ccccn1. The standard InChI is InChI=1S/C12H19ClN2/c1-3-12(4-2,9-13)10-15-11-7-5-6-8-14-11/h5-8H,3-4,9-10H2,1-2H3,(H,14,15). The van der Waals surface area contributed by atoms with Gasteiger partial charge in [0.25, 0.3) is 0 Å². The van der Waals surface area contributed by atoms with Crippen LogP contribution in [0.3, 0.4) is 0 Å². The molecule has 3 heteroatoms. The van der Waals surface area contributed by atoms with Crippen molar-refractivity contribution < 1.29 is 0 Å². The zero-order chi connectivity index (χ0) is 11.1. The van der Waals surface area contributed by atoms with Crippen LogP contribution in [0.1, 0.15) is 26.7 Å². The average molecular weight is 227 g/mol. The van der Waals surface area contributed by atoms with Crippen molar-refractivity contribution in [3.63, 3.8) is 0 Å². The smallest absolute Gasteiger partial charge is 0.125 e. The van der Waals surface area contributed by atoms with Crippen LogP contribution in [0.15, 0.2) is 24.4 Å². The minimum absolute atomic E-state index is 0.194. The van der Waals surface area contributed by atoms with Crippen molar-refractivity contribution in [2.75, 3.05) is 17.7 Å². The van der Waals surface area contributed by atoms with Crippen LogP contribution in [-0.4, -0.2) is 17.4 Å². The van der Waals surface area contributed by atoms with Crippen molar-refractivity contribution in [3.05, 3.63) is 24.4 Å². The number of nitrogens with one attached hydrogen (secondary N) is 1. The Morgan fingerprint density at radius 3 is 2.53 bits per heavy atom. The molecule has 0 aliphatic rings. The summed E-state index contributed by atoms with van der Waals surface area (Å²) in [6.45, 7) is 5.26. The number of nitrogens with zero attached hydrogens (tertiary/aromatic N) is 1. The minimum atomic E-state index is 0.194. The summed E-state index contributed by atoms with van der Waals surface area (Å²) in [5.74, 6) is 1.62. The summed E-state index contributed by atoms with van der Waals surface area (Å²) in [5, 5.41) is 3.34. The van der Waals surface area contributed by atoms with Crippen molar-refractivity contribution in [1.82, 2.24) is 4.98 Å².